The number of likely N-dealkylation sites (N-methyl/N-ethyl adjacent to an activating group) is 1. The average Bonchev–Trinajstić information content (AvgIpc) is 2.98. The van der Waals surface area contributed by atoms with E-state index < -0.39 is 24.7 Å². The van der Waals surface area contributed by atoms with Crippen molar-refractivity contribution in [2.45, 2.75) is 37.9 Å². The highest BCUT2D eigenvalue weighted by atomic mass is 19.4. The minimum atomic E-state index is -4.40. The van der Waals surface area contributed by atoms with Crippen molar-refractivity contribution < 1.29 is 22.8 Å². The van der Waals surface area contributed by atoms with Crippen LogP contribution in [0.5, 0.6) is 0 Å². The summed E-state index contributed by atoms with van der Waals surface area (Å²) in [4.78, 5) is 26.2. The molecule has 21 heavy (non-hydrogen) atoms. The van der Waals surface area contributed by atoms with Crippen molar-refractivity contribution in [3.8, 4) is 0 Å². The van der Waals surface area contributed by atoms with Crippen LogP contribution in [0.2, 0.25) is 0 Å². The zero-order chi connectivity index (χ0) is 15.6. The second-order valence-corrected chi connectivity index (χ2v) is 5.65. The number of amides is 2. The number of alkyl halides is 3. The molecular weight excluding hydrogens is 285 g/mol. The van der Waals surface area contributed by atoms with Gasteiger partial charge in [0.15, 0.2) is 0 Å². The molecule has 118 valence electrons. The van der Waals surface area contributed by atoms with Crippen LogP contribution >= 0.6 is 0 Å². The van der Waals surface area contributed by atoms with Crippen molar-refractivity contribution in [2.24, 2.45) is 5.92 Å². The molecule has 1 fully saturated rings. The molecule has 2 atom stereocenters. The summed E-state index contributed by atoms with van der Waals surface area (Å²) in [7, 11) is 1.50. The monoisotopic (exact) mass is 304 g/mol. The number of hydrogen-bond donors (Lipinski definition) is 0. The number of likely N-dealkylation sites (tertiary alicyclic amines) is 1. The van der Waals surface area contributed by atoms with Gasteiger partial charge in [0, 0.05) is 20.0 Å². The first-order valence-corrected chi connectivity index (χ1v) is 7.06. The van der Waals surface area contributed by atoms with Crippen LogP contribution in [0.3, 0.4) is 0 Å². The minimum Gasteiger partial charge on any atom is -0.334 e. The van der Waals surface area contributed by atoms with Gasteiger partial charge in [-0.25, -0.2) is 0 Å². The lowest BCUT2D eigenvalue weighted by atomic mass is 10.0. The fourth-order valence-electron chi connectivity index (χ4n) is 2.86. The van der Waals surface area contributed by atoms with E-state index in [0.717, 1.165) is 17.7 Å². The van der Waals surface area contributed by atoms with E-state index in [1.807, 2.05) is 12.2 Å². The molecule has 2 rings (SSSR count). The largest absolute Gasteiger partial charge is 0.406 e. The van der Waals surface area contributed by atoms with Gasteiger partial charge in [0.05, 0.1) is 0 Å². The maximum Gasteiger partial charge on any atom is 0.406 e. The van der Waals surface area contributed by atoms with Gasteiger partial charge in [-0.15, -0.1) is 0 Å². The Balaban J connectivity index is 1.90. The maximum absolute atomic E-state index is 12.4. The number of carbonyl (C=O) groups is 2. The Kier molecular flexibility index (Phi) is 4.58. The number of nitrogens with zero attached hydrogens (tertiary/aromatic N) is 2. The molecule has 0 unspecified atom stereocenters. The molecule has 1 heterocycles. The lowest BCUT2D eigenvalue weighted by molar-refractivity contribution is -0.159. The summed E-state index contributed by atoms with van der Waals surface area (Å²) in [5, 5.41) is 0. The molecule has 0 radical (unpaired) electrons. The van der Waals surface area contributed by atoms with Crippen LogP contribution in [-0.2, 0) is 9.59 Å². The fraction of sp³-hybridized carbons (Fsp3) is 0.714. The standard InChI is InChI=1S/C14H19F3N2O2/c1-18(12(20)8-10-4-2-3-5-10)11-6-7-19(13(11)21)9-14(15,16)17/h2,4,10-11H,3,5-9H2,1H3/t10-,11-/m0/s1. The van der Waals surface area contributed by atoms with E-state index in [1.54, 1.807) is 0 Å². The van der Waals surface area contributed by atoms with Gasteiger partial charge in [-0.1, -0.05) is 12.2 Å². The molecule has 0 saturated carbocycles. The van der Waals surface area contributed by atoms with Crippen molar-refractivity contribution in [1.29, 1.82) is 0 Å². The molecule has 1 aliphatic heterocycles. The molecule has 2 aliphatic rings. The summed E-state index contributed by atoms with van der Waals surface area (Å²) in [6, 6.07) is -0.759. The van der Waals surface area contributed by atoms with Crippen molar-refractivity contribution >= 4 is 11.8 Å². The number of rotatable bonds is 4. The van der Waals surface area contributed by atoms with Gasteiger partial charge in [0.2, 0.25) is 11.8 Å². The van der Waals surface area contributed by atoms with Crippen LogP contribution in [-0.4, -0.2) is 54.0 Å². The topological polar surface area (TPSA) is 40.6 Å². The van der Waals surface area contributed by atoms with E-state index in [2.05, 4.69) is 0 Å². The third-order valence-corrected chi connectivity index (χ3v) is 4.05. The van der Waals surface area contributed by atoms with Crippen LogP contribution in [0.4, 0.5) is 13.2 Å². The summed E-state index contributed by atoms with van der Waals surface area (Å²) in [5.41, 5.74) is 0. The quantitative estimate of drug-likeness (QED) is 0.745. The van der Waals surface area contributed by atoms with Gasteiger partial charge in [-0.3, -0.25) is 9.59 Å². The molecule has 0 bridgehead atoms. The molecule has 4 nitrogen and oxygen atoms in total. The number of carbonyl (C=O) groups excluding carboxylic acids is 2. The molecule has 7 heteroatoms. The molecule has 0 spiro atoms. The Labute approximate surface area is 121 Å². The van der Waals surface area contributed by atoms with E-state index in [0.29, 0.717) is 6.42 Å². The van der Waals surface area contributed by atoms with Crippen LogP contribution in [0.15, 0.2) is 12.2 Å². The van der Waals surface area contributed by atoms with E-state index in [-0.39, 0.29) is 24.8 Å². The van der Waals surface area contributed by atoms with Gasteiger partial charge in [-0.2, -0.15) is 13.2 Å². The van der Waals surface area contributed by atoms with Gasteiger partial charge in [0.1, 0.15) is 12.6 Å². The van der Waals surface area contributed by atoms with E-state index in [1.165, 1.54) is 11.9 Å². The average molecular weight is 304 g/mol. The molecule has 1 saturated heterocycles. The number of allylic oxidation sites excluding steroid dienone is 2. The summed E-state index contributed by atoms with van der Waals surface area (Å²) in [6.45, 7) is -1.19. The first-order chi connectivity index (χ1) is 9.78. The van der Waals surface area contributed by atoms with Crippen LogP contribution in [0, 0.1) is 5.92 Å². The summed E-state index contributed by atoms with van der Waals surface area (Å²) in [6.07, 6.45) is 2.04. The molecule has 0 aromatic carbocycles. The first kappa shape index (κ1) is 15.9. The van der Waals surface area contributed by atoms with E-state index >= 15 is 0 Å². The number of halogens is 3. The summed E-state index contributed by atoms with van der Waals surface area (Å²) >= 11 is 0. The third-order valence-electron chi connectivity index (χ3n) is 4.05. The molecule has 0 N–H and O–H groups in total. The highest BCUT2D eigenvalue weighted by Gasteiger charge is 2.41. The van der Waals surface area contributed by atoms with Gasteiger partial charge in [0.25, 0.3) is 0 Å². The van der Waals surface area contributed by atoms with Crippen molar-refractivity contribution in [2.75, 3.05) is 20.1 Å². The lowest BCUT2D eigenvalue weighted by Gasteiger charge is -2.25. The van der Waals surface area contributed by atoms with Gasteiger partial charge in [-0.05, 0) is 25.2 Å². The van der Waals surface area contributed by atoms with Crippen LogP contribution in [0.1, 0.15) is 25.7 Å². The highest BCUT2D eigenvalue weighted by molar-refractivity contribution is 5.89. The normalized spacial score (nSPS) is 25.7. The van der Waals surface area contributed by atoms with Crippen molar-refractivity contribution in [1.82, 2.24) is 9.80 Å². The molecule has 2 amide bonds. The highest BCUT2D eigenvalue weighted by Crippen LogP contribution is 2.25. The van der Waals surface area contributed by atoms with Gasteiger partial charge < -0.3 is 9.80 Å². The summed E-state index contributed by atoms with van der Waals surface area (Å²) in [5.74, 6) is -0.605. The second-order valence-electron chi connectivity index (χ2n) is 5.65. The SMILES string of the molecule is CN(C(=O)C[C@H]1C=CCC1)[C@H]1CCN(CC(F)(F)F)C1=O. The van der Waals surface area contributed by atoms with Crippen molar-refractivity contribution in [3.63, 3.8) is 0 Å². The minimum absolute atomic E-state index is 0.0456. The van der Waals surface area contributed by atoms with Gasteiger partial charge >= 0.3 is 6.18 Å². The first-order valence-electron chi connectivity index (χ1n) is 7.06. The molecule has 0 aromatic rings. The molecule has 0 aromatic heterocycles. The Hall–Kier alpha value is -1.53. The van der Waals surface area contributed by atoms with E-state index in [4.69, 9.17) is 0 Å². The zero-order valence-electron chi connectivity index (χ0n) is 11.9. The van der Waals surface area contributed by atoms with E-state index in [9.17, 15) is 22.8 Å². The third kappa shape index (κ3) is 3.98. The zero-order valence-corrected chi connectivity index (χ0v) is 11.9. The lowest BCUT2D eigenvalue weighted by Crippen LogP contribution is -2.45. The van der Waals surface area contributed by atoms with Crippen molar-refractivity contribution in [3.05, 3.63) is 12.2 Å². The Morgan fingerprint density at radius 1 is 1.43 bits per heavy atom. The summed E-state index contributed by atoms with van der Waals surface area (Å²) < 4.78 is 37.1. The van der Waals surface area contributed by atoms with Crippen LogP contribution < -0.4 is 0 Å². The molecule has 1 aliphatic carbocycles. The smallest absolute Gasteiger partial charge is 0.334 e. The Bertz CT molecular complexity index is 448. The second kappa shape index (κ2) is 6.07. The Morgan fingerprint density at radius 2 is 2.14 bits per heavy atom. The Morgan fingerprint density at radius 3 is 2.71 bits per heavy atom. The van der Waals surface area contributed by atoms with Crippen LogP contribution in [0.25, 0.3) is 0 Å². The predicted molar refractivity (Wildman–Crippen MR) is 70.3 cm³/mol. The molecular formula is C14H19F3N2O2. The predicted octanol–water partition coefficient (Wildman–Crippen LogP) is 1.96. The maximum atomic E-state index is 12.4. The fourth-order valence-corrected chi connectivity index (χ4v) is 2.86. The number of hydrogen-bond acceptors (Lipinski definition) is 2.